The Kier molecular flexibility index (Phi) is 4.18. The molecule has 0 N–H and O–H groups in total. The smallest absolute Gasteiger partial charge is 0.453 e. The highest BCUT2D eigenvalue weighted by Gasteiger charge is 2.58. The third kappa shape index (κ3) is 2.86. The van der Waals surface area contributed by atoms with Crippen molar-refractivity contribution in [1.29, 1.82) is 0 Å². The third-order valence-electron chi connectivity index (χ3n) is 3.77. The van der Waals surface area contributed by atoms with E-state index in [1.165, 1.54) is 11.3 Å². The molecule has 0 fully saturated rings. The van der Waals surface area contributed by atoms with E-state index in [1.807, 2.05) is 0 Å². The number of alkyl halides is 5. The molecule has 0 bridgehead atoms. The quantitative estimate of drug-likeness (QED) is 0.679. The molecule has 4 heterocycles. The van der Waals surface area contributed by atoms with E-state index in [9.17, 15) is 22.0 Å². The lowest BCUT2D eigenvalue weighted by Crippen LogP contribution is -2.38. The number of thiophene rings is 2. The molecule has 0 aliphatic carbocycles. The van der Waals surface area contributed by atoms with Crippen LogP contribution in [0.2, 0.25) is 0 Å². The molecule has 142 valence electrons. The van der Waals surface area contributed by atoms with E-state index >= 15 is 0 Å². The molecule has 2 aromatic rings. The standard InChI is InChI=1S/C15H11F5O4S2/c16-14(17,15(18,19)20)5-8-10-11(24-4-3-23-10)13(26-8)12-9-7(6-25-12)21-1-2-22-9/h6H,1-5H2. The maximum absolute atomic E-state index is 13.6. The van der Waals surface area contributed by atoms with Crippen molar-refractivity contribution in [2.24, 2.45) is 0 Å². The molecule has 0 atom stereocenters. The van der Waals surface area contributed by atoms with E-state index in [-0.39, 0.29) is 29.6 Å². The topological polar surface area (TPSA) is 36.9 Å². The van der Waals surface area contributed by atoms with Gasteiger partial charge in [0.2, 0.25) is 0 Å². The zero-order valence-corrected chi connectivity index (χ0v) is 14.6. The van der Waals surface area contributed by atoms with Crippen LogP contribution >= 0.6 is 22.7 Å². The van der Waals surface area contributed by atoms with Crippen LogP contribution < -0.4 is 18.9 Å². The SMILES string of the molecule is FC(F)(F)C(F)(F)Cc1sc(-c2scc3c2OCCO3)c2c1OCCO2. The first kappa shape index (κ1) is 17.7. The van der Waals surface area contributed by atoms with Crippen molar-refractivity contribution in [1.82, 2.24) is 0 Å². The minimum atomic E-state index is -5.64. The van der Waals surface area contributed by atoms with Crippen LogP contribution in [0, 0.1) is 0 Å². The van der Waals surface area contributed by atoms with Gasteiger partial charge in [0.05, 0.1) is 21.1 Å². The van der Waals surface area contributed by atoms with Gasteiger partial charge in [-0.2, -0.15) is 22.0 Å². The molecule has 11 heteroatoms. The summed E-state index contributed by atoms with van der Waals surface area (Å²) in [5.41, 5.74) is 0. The van der Waals surface area contributed by atoms with Crippen molar-refractivity contribution in [3.8, 4) is 32.8 Å². The number of ether oxygens (including phenoxy) is 4. The summed E-state index contributed by atoms with van der Waals surface area (Å²) < 4.78 is 86.8. The second-order valence-corrected chi connectivity index (χ2v) is 7.53. The van der Waals surface area contributed by atoms with E-state index in [0.29, 0.717) is 34.5 Å². The zero-order valence-electron chi connectivity index (χ0n) is 13.0. The molecular formula is C15H11F5O4S2. The van der Waals surface area contributed by atoms with Gasteiger partial charge in [-0.1, -0.05) is 0 Å². The van der Waals surface area contributed by atoms with Crippen molar-refractivity contribution < 1.29 is 40.9 Å². The molecular weight excluding hydrogens is 403 g/mol. The number of rotatable bonds is 3. The fraction of sp³-hybridized carbons (Fsp3) is 0.467. The van der Waals surface area contributed by atoms with Crippen molar-refractivity contribution in [2.75, 3.05) is 26.4 Å². The van der Waals surface area contributed by atoms with Gasteiger partial charge in [0.25, 0.3) is 0 Å². The summed E-state index contributed by atoms with van der Waals surface area (Å²) >= 11 is 2.04. The molecule has 4 rings (SSSR count). The first-order chi connectivity index (χ1) is 12.3. The summed E-state index contributed by atoms with van der Waals surface area (Å²) in [5, 5.41) is 1.70. The van der Waals surface area contributed by atoms with Crippen LogP contribution in [0.5, 0.6) is 23.0 Å². The fourth-order valence-corrected chi connectivity index (χ4v) is 4.91. The lowest BCUT2D eigenvalue weighted by molar-refractivity contribution is -0.281. The molecule has 0 aromatic carbocycles. The second-order valence-electron chi connectivity index (χ2n) is 5.54. The maximum Gasteiger partial charge on any atom is 0.453 e. The molecule has 4 nitrogen and oxygen atoms in total. The fourth-order valence-electron chi connectivity index (χ4n) is 2.60. The van der Waals surface area contributed by atoms with E-state index in [2.05, 4.69) is 0 Å². The molecule has 0 spiro atoms. The summed E-state index contributed by atoms with van der Waals surface area (Å²) in [7, 11) is 0. The van der Waals surface area contributed by atoms with Crippen LogP contribution in [0.15, 0.2) is 5.38 Å². The van der Waals surface area contributed by atoms with Crippen LogP contribution in [0.1, 0.15) is 4.88 Å². The first-order valence-electron chi connectivity index (χ1n) is 7.51. The number of hydrogen-bond acceptors (Lipinski definition) is 6. The van der Waals surface area contributed by atoms with Gasteiger partial charge in [-0.25, -0.2) is 0 Å². The van der Waals surface area contributed by atoms with Crippen LogP contribution in [0.25, 0.3) is 9.75 Å². The van der Waals surface area contributed by atoms with E-state index < -0.39 is 18.5 Å². The Morgan fingerprint density at radius 3 is 2.12 bits per heavy atom. The largest absolute Gasteiger partial charge is 0.485 e. The molecule has 26 heavy (non-hydrogen) atoms. The summed E-state index contributed by atoms with van der Waals surface area (Å²) in [6.07, 6.45) is -7.14. The molecule has 0 unspecified atom stereocenters. The number of hydrogen-bond donors (Lipinski definition) is 0. The maximum atomic E-state index is 13.6. The van der Waals surface area contributed by atoms with Crippen molar-refractivity contribution >= 4 is 22.7 Å². The second kappa shape index (κ2) is 6.15. The summed E-state index contributed by atoms with van der Waals surface area (Å²) in [4.78, 5) is 0.758. The van der Waals surface area contributed by atoms with Gasteiger partial charge in [0, 0.05) is 5.38 Å². The Labute approximate surface area is 152 Å². The average molecular weight is 414 g/mol. The Morgan fingerprint density at radius 2 is 1.42 bits per heavy atom. The van der Waals surface area contributed by atoms with Crippen molar-refractivity contribution in [2.45, 2.75) is 18.5 Å². The highest BCUT2D eigenvalue weighted by molar-refractivity contribution is 7.22. The molecule has 2 aliphatic rings. The average Bonchev–Trinajstić information content (AvgIpc) is 3.15. The van der Waals surface area contributed by atoms with E-state index in [1.54, 1.807) is 5.38 Å². The third-order valence-corrected chi connectivity index (χ3v) is 6.03. The lowest BCUT2D eigenvalue weighted by Gasteiger charge is -2.21. The molecule has 0 radical (unpaired) electrons. The highest BCUT2D eigenvalue weighted by Crippen LogP contribution is 2.57. The van der Waals surface area contributed by atoms with Crippen molar-refractivity contribution in [3.63, 3.8) is 0 Å². The Balaban J connectivity index is 1.78. The lowest BCUT2D eigenvalue weighted by atomic mass is 10.1. The molecule has 0 amide bonds. The Bertz CT molecular complexity index is 827. The van der Waals surface area contributed by atoms with Gasteiger partial charge in [-0.3, -0.25) is 0 Å². The van der Waals surface area contributed by atoms with Gasteiger partial charge >= 0.3 is 12.1 Å². The minimum absolute atomic E-state index is 0.0564. The molecule has 0 saturated carbocycles. The van der Waals surface area contributed by atoms with E-state index in [0.717, 1.165) is 11.3 Å². The van der Waals surface area contributed by atoms with Crippen LogP contribution in [0.3, 0.4) is 0 Å². The van der Waals surface area contributed by atoms with Gasteiger partial charge in [0.15, 0.2) is 23.0 Å². The molecule has 2 aliphatic heterocycles. The summed E-state index contributed by atoms with van der Waals surface area (Å²) in [5.74, 6) is -3.80. The molecule has 2 aromatic heterocycles. The highest BCUT2D eigenvalue weighted by atomic mass is 32.1. The van der Waals surface area contributed by atoms with Gasteiger partial charge in [0.1, 0.15) is 26.4 Å². The predicted molar refractivity (Wildman–Crippen MR) is 84.3 cm³/mol. The normalized spacial score (nSPS) is 16.7. The summed E-state index contributed by atoms with van der Waals surface area (Å²) in [6.45, 7) is 0.960. The van der Waals surface area contributed by atoms with Crippen LogP contribution in [-0.2, 0) is 6.42 Å². The monoisotopic (exact) mass is 414 g/mol. The van der Waals surface area contributed by atoms with Crippen LogP contribution in [-0.4, -0.2) is 38.5 Å². The van der Waals surface area contributed by atoms with Gasteiger partial charge < -0.3 is 18.9 Å². The molecule has 0 saturated heterocycles. The summed E-state index contributed by atoms with van der Waals surface area (Å²) in [6, 6.07) is 0. The van der Waals surface area contributed by atoms with Gasteiger partial charge in [-0.15, -0.1) is 22.7 Å². The number of halogens is 5. The van der Waals surface area contributed by atoms with Crippen molar-refractivity contribution in [3.05, 3.63) is 10.3 Å². The van der Waals surface area contributed by atoms with Gasteiger partial charge in [-0.05, 0) is 0 Å². The minimum Gasteiger partial charge on any atom is -0.485 e. The predicted octanol–water partition coefficient (Wildman–Crippen LogP) is 4.76. The van der Waals surface area contributed by atoms with Crippen LogP contribution in [0.4, 0.5) is 22.0 Å². The first-order valence-corrected chi connectivity index (χ1v) is 9.21. The Morgan fingerprint density at radius 1 is 0.808 bits per heavy atom. The Hall–Kier alpha value is -1.75. The zero-order chi connectivity index (χ0) is 18.5. The number of fused-ring (bicyclic) bond motifs is 2. The van der Waals surface area contributed by atoms with E-state index in [4.69, 9.17) is 18.9 Å².